The largest absolute Gasteiger partial charge is 0.367 e. The van der Waals surface area contributed by atoms with Crippen molar-refractivity contribution in [3.8, 4) is 0 Å². The molecule has 26 heavy (non-hydrogen) atoms. The van der Waals surface area contributed by atoms with Gasteiger partial charge in [-0.15, -0.1) is 0 Å². The maximum absolute atomic E-state index is 4.83. The summed E-state index contributed by atoms with van der Waals surface area (Å²) in [6, 6.07) is 9.71. The number of hydrogen-bond donors (Lipinski definition) is 4. The van der Waals surface area contributed by atoms with Gasteiger partial charge in [-0.25, -0.2) is 4.98 Å². The number of rotatable bonds is 4. The average molecular weight is 349 g/mol. The second-order valence-electron chi connectivity index (χ2n) is 7.44. The Balaban J connectivity index is 1.46. The number of hydrogen-bond acceptors (Lipinski definition) is 6. The van der Waals surface area contributed by atoms with E-state index in [0.717, 1.165) is 46.9 Å². The lowest BCUT2D eigenvalue weighted by molar-refractivity contribution is 0.378. The fraction of sp³-hybridized carbons (Fsp3) is 0.421. The molecule has 5 heterocycles. The highest BCUT2D eigenvalue weighted by Crippen LogP contribution is 2.31. The number of aromatic nitrogens is 4. The van der Waals surface area contributed by atoms with Crippen LogP contribution in [-0.2, 0) is 0 Å². The van der Waals surface area contributed by atoms with Crippen LogP contribution in [0, 0.1) is 6.92 Å². The molecule has 0 amide bonds. The van der Waals surface area contributed by atoms with E-state index in [2.05, 4.69) is 37.2 Å². The maximum atomic E-state index is 4.83. The lowest BCUT2D eigenvalue weighted by atomic mass is 9.99. The van der Waals surface area contributed by atoms with Gasteiger partial charge in [0.05, 0.1) is 5.52 Å². The number of anilines is 3. The first-order valence-electron chi connectivity index (χ1n) is 9.30. The van der Waals surface area contributed by atoms with Gasteiger partial charge in [0, 0.05) is 47.5 Å². The number of aromatic amines is 1. The standard InChI is InChI=1S/C19H23N7/c1-11-7-18(26-25-11)23-17-10-16-15(3-2-6-20-16)19(24-17)22-14-8-12-4-5-13(9-14)21-12/h2-3,6-7,10,12-14,21H,4-5,8-9H2,1H3,(H3,22,23,24,25,26)/t12-,13+,14?. The molecule has 3 atom stereocenters. The number of nitrogens with one attached hydrogen (secondary N) is 4. The van der Waals surface area contributed by atoms with Gasteiger partial charge in [0.2, 0.25) is 0 Å². The Hall–Kier alpha value is -2.67. The van der Waals surface area contributed by atoms with Crippen LogP contribution in [0.15, 0.2) is 30.5 Å². The number of aryl methyl sites for hydroxylation is 1. The Morgan fingerprint density at radius 3 is 2.73 bits per heavy atom. The van der Waals surface area contributed by atoms with Crippen molar-refractivity contribution in [1.29, 1.82) is 0 Å². The van der Waals surface area contributed by atoms with E-state index < -0.39 is 0 Å². The molecule has 2 fully saturated rings. The van der Waals surface area contributed by atoms with Gasteiger partial charge in [-0.3, -0.25) is 10.1 Å². The van der Waals surface area contributed by atoms with Crippen LogP contribution < -0.4 is 16.0 Å². The van der Waals surface area contributed by atoms with Crippen molar-refractivity contribution in [2.75, 3.05) is 10.6 Å². The minimum absolute atomic E-state index is 0.451. The van der Waals surface area contributed by atoms with Gasteiger partial charge < -0.3 is 16.0 Å². The normalized spacial score (nSPS) is 24.7. The summed E-state index contributed by atoms with van der Waals surface area (Å²) in [7, 11) is 0. The minimum atomic E-state index is 0.451. The molecule has 2 bridgehead atoms. The highest BCUT2D eigenvalue weighted by molar-refractivity contribution is 5.91. The Bertz CT molecular complexity index is 923. The third-order valence-corrected chi connectivity index (χ3v) is 5.38. The Morgan fingerprint density at radius 1 is 1.12 bits per heavy atom. The van der Waals surface area contributed by atoms with Crippen LogP contribution in [0.1, 0.15) is 31.4 Å². The van der Waals surface area contributed by atoms with E-state index in [1.54, 1.807) is 0 Å². The van der Waals surface area contributed by atoms with Crippen LogP contribution in [0.5, 0.6) is 0 Å². The topological polar surface area (TPSA) is 90.6 Å². The average Bonchev–Trinajstić information content (AvgIpc) is 3.19. The van der Waals surface area contributed by atoms with Crippen molar-refractivity contribution in [1.82, 2.24) is 25.5 Å². The summed E-state index contributed by atoms with van der Waals surface area (Å²) in [6.07, 6.45) is 6.70. The molecule has 2 aliphatic heterocycles. The van der Waals surface area contributed by atoms with Crippen LogP contribution in [0.3, 0.4) is 0 Å². The molecule has 0 saturated carbocycles. The number of nitrogens with zero attached hydrogens (tertiary/aromatic N) is 3. The van der Waals surface area contributed by atoms with E-state index in [1.807, 2.05) is 31.3 Å². The summed E-state index contributed by atoms with van der Waals surface area (Å²) in [5.41, 5.74) is 1.94. The first kappa shape index (κ1) is 15.6. The van der Waals surface area contributed by atoms with Crippen LogP contribution in [-0.4, -0.2) is 38.3 Å². The predicted octanol–water partition coefficient (Wildman–Crippen LogP) is 3.10. The van der Waals surface area contributed by atoms with Crippen molar-refractivity contribution in [3.63, 3.8) is 0 Å². The molecule has 3 aromatic rings. The van der Waals surface area contributed by atoms with Crippen LogP contribution in [0.2, 0.25) is 0 Å². The molecule has 0 aromatic carbocycles. The lowest BCUT2D eigenvalue weighted by Crippen LogP contribution is -2.43. The second kappa shape index (κ2) is 6.25. The number of fused-ring (bicyclic) bond motifs is 3. The Labute approximate surface area is 152 Å². The van der Waals surface area contributed by atoms with E-state index in [1.165, 1.54) is 12.8 Å². The summed E-state index contributed by atoms with van der Waals surface area (Å²) < 4.78 is 0. The van der Waals surface area contributed by atoms with Gasteiger partial charge in [-0.2, -0.15) is 5.10 Å². The zero-order chi connectivity index (χ0) is 17.5. The summed E-state index contributed by atoms with van der Waals surface area (Å²) >= 11 is 0. The van der Waals surface area contributed by atoms with Crippen LogP contribution in [0.25, 0.3) is 10.9 Å². The quantitative estimate of drug-likeness (QED) is 0.579. The van der Waals surface area contributed by atoms with Crippen molar-refractivity contribution in [2.24, 2.45) is 0 Å². The van der Waals surface area contributed by atoms with E-state index in [-0.39, 0.29) is 0 Å². The number of piperidine rings is 1. The molecule has 1 unspecified atom stereocenters. The molecule has 5 rings (SSSR count). The van der Waals surface area contributed by atoms with E-state index in [0.29, 0.717) is 18.1 Å². The monoisotopic (exact) mass is 349 g/mol. The number of H-pyrrole nitrogens is 1. The summed E-state index contributed by atoms with van der Waals surface area (Å²) in [5, 5.41) is 18.9. The molecule has 0 spiro atoms. The zero-order valence-corrected chi connectivity index (χ0v) is 14.8. The molecule has 0 radical (unpaired) electrons. The molecule has 134 valence electrons. The van der Waals surface area contributed by atoms with Gasteiger partial charge in [0.15, 0.2) is 5.82 Å². The molecule has 7 heteroatoms. The lowest BCUT2D eigenvalue weighted by Gasteiger charge is -2.30. The zero-order valence-electron chi connectivity index (χ0n) is 14.8. The van der Waals surface area contributed by atoms with Crippen molar-refractivity contribution >= 4 is 28.4 Å². The molecule has 7 nitrogen and oxygen atoms in total. The smallest absolute Gasteiger partial charge is 0.153 e. The number of pyridine rings is 2. The molecule has 2 saturated heterocycles. The van der Waals surface area contributed by atoms with E-state index >= 15 is 0 Å². The van der Waals surface area contributed by atoms with E-state index in [4.69, 9.17) is 4.98 Å². The van der Waals surface area contributed by atoms with Gasteiger partial charge in [-0.1, -0.05) is 0 Å². The third-order valence-electron chi connectivity index (χ3n) is 5.38. The van der Waals surface area contributed by atoms with Crippen molar-refractivity contribution < 1.29 is 0 Å². The van der Waals surface area contributed by atoms with Gasteiger partial charge >= 0.3 is 0 Å². The highest BCUT2D eigenvalue weighted by atomic mass is 15.2. The predicted molar refractivity (Wildman–Crippen MR) is 103 cm³/mol. The first-order chi connectivity index (χ1) is 12.7. The van der Waals surface area contributed by atoms with E-state index in [9.17, 15) is 0 Å². The fourth-order valence-corrected chi connectivity index (χ4v) is 4.23. The molecule has 0 aliphatic carbocycles. The molecular weight excluding hydrogens is 326 g/mol. The maximum Gasteiger partial charge on any atom is 0.153 e. The van der Waals surface area contributed by atoms with Crippen molar-refractivity contribution in [3.05, 3.63) is 36.2 Å². The molecule has 2 aliphatic rings. The SMILES string of the molecule is Cc1cc(Nc2cc3ncccc3c(NC3C[C@H]4CC[C@@H](C3)N4)n2)n[nH]1. The Kier molecular flexibility index (Phi) is 3.74. The first-order valence-corrected chi connectivity index (χ1v) is 9.30. The van der Waals surface area contributed by atoms with Gasteiger partial charge in [0.1, 0.15) is 11.6 Å². The molecule has 3 aromatic heterocycles. The summed E-state index contributed by atoms with van der Waals surface area (Å²) in [6.45, 7) is 1.98. The van der Waals surface area contributed by atoms with Crippen LogP contribution in [0.4, 0.5) is 17.5 Å². The minimum Gasteiger partial charge on any atom is -0.367 e. The third kappa shape index (κ3) is 2.99. The molecule has 4 N–H and O–H groups in total. The van der Waals surface area contributed by atoms with Crippen molar-refractivity contribution in [2.45, 2.75) is 50.7 Å². The van der Waals surface area contributed by atoms with Gasteiger partial charge in [-0.05, 0) is 44.7 Å². The molecular formula is C19H23N7. The van der Waals surface area contributed by atoms with Crippen LogP contribution >= 0.6 is 0 Å². The van der Waals surface area contributed by atoms with Gasteiger partial charge in [0.25, 0.3) is 0 Å². The Morgan fingerprint density at radius 2 is 1.96 bits per heavy atom. The fourth-order valence-electron chi connectivity index (χ4n) is 4.23. The summed E-state index contributed by atoms with van der Waals surface area (Å²) in [5.74, 6) is 2.41. The highest BCUT2D eigenvalue weighted by Gasteiger charge is 2.33. The summed E-state index contributed by atoms with van der Waals surface area (Å²) in [4.78, 5) is 9.36. The second-order valence-corrected chi connectivity index (χ2v) is 7.44.